The van der Waals surface area contributed by atoms with E-state index < -0.39 is 6.03 Å². The number of nitrogens with zero attached hydrogens (tertiary/aromatic N) is 5. The monoisotopic (exact) mass is 497 g/mol. The van der Waals surface area contributed by atoms with Crippen molar-refractivity contribution in [2.75, 3.05) is 36.4 Å². The number of piperazine rings is 1. The van der Waals surface area contributed by atoms with Crippen LogP contribution in [0.5, 0.6) is 0 Å². The van der Waals surface area contributed by atoms with Crippen LogP contribution in [0, 0.1) is 13.8 Å². The van der Waals surface area contributed by atoms with Gasteiger partial charge in [-0.2, -0.15) is 4.99 Å². The van der Waals surface area contributed by atoms with Gasteiger partial charge >= 0.3 is 6.03 Å². The number of guanidine groups is 1. The number of nitrogens with one attached hydrogen (secondary N) is 2. The van der Waals surface area contributed by atoms with Crippen LogP contribution >= 0.6 is 23.2 Å². The topological polar surface area (TPSA) is 85.7 Å². The van der Waals surface area contributed by atoms with Crippen molar-refractivity contribution in [2.45, 2.75) is 13.8 Å². The van der Waals surface area contributed by atoms with Gasteiger partial charge in [0, 0.05) is 48.9 Å². The molecule has 2 heterocycles. The maximum absolute atomic E-state index is 12.8. The van der Waals surface area contributed by atoms with Crippen molar-refractivity contribution in [1.29, 1.82) is 0 Å². The number of halogens is 2. The highest BCUT2D eigenvalue weighted by Gasteiger charge is 2.22. The Morgan fingerprint density at radius 3 is 2.24 bits per heavy atom. The quantitative estimate of drug-likeness (QED) is 0.391. The van der Waals surface area contributed by atoms with E-state index in [1.165, 1.54) is 5.69 Å². The molecule has 2 aromatic carbocycles. The number of carbonyl (C=O) groups is 1. The zero-order valence-electron chi connectivity index (χ0n) is 18.9. The Morgan fingerprint density at radius 1 is 0.912 bits per heavy atom. The van der Waals surface area contributed by atoms with Crippen LogP contribution in [0.1, 0.15) is 11.4 Å². The third-order valence-corrected chi connectivity index (χ3v) is 6.02. The summed E-state index contributed by atoms with van der Waals surface area (Å²) in [6, 6.07) is 16.6. The van der Waals surface area contributed by atoms with Crippen LogP contribution in [0.15, 0.2) is 59.6 Å². The molecule has 34 heavy (non-hydrogen) atoms. The van der Waals surface area contributed by atoms with Crippen LogP contribution in [0.4, 0.5) is 22.1 Å². The van der Waals surface area contributed by atoms with Gasteiger partial charge in [0.1, 0.15) is 0 Å². The standard InChI is InChI=1S/C24H25Cl2N7O/c1-16-14-17(2)28-22(27-16)30-23(31-24(34)29-18-8-9-20(25)21(26)15-18)33-12-10-32(11-13-33)19-6-4-3-5-7-19/h3-9,14-15H,10-13H2,1-2H3,(H2,27,28,29,30,31,34). The molecule has 1 saturated heterocycles. The number of aryl methyl sites for hydroxylation is 2. The summed E-state index contributed by atoms with van der Waals surface area (Å²) in [7, 11) is 0. The Labute approximate surface area is 208 Å². The fraction of sp³-hybridized carbons (Fsp3) is 0.250. The highest BCUT2D eigenvalue weighted by Crippen LogP contribution is 2.25. The average Bonchev–Trinajstić information content (AvgIpc) is 2.81. The van der Waals surface area contributed by atoms with Crippen LogP contribution in [0.3, 0.4) is 0 Å². The molecule has 3 aromatic rings. The third kappa shape index (κ3) is 6.15. The van der Waals surface area contributed by atoms with E-state index in [4.69, 9.17) is 23.2 Å². The highest BCUT2D eigenvalue weighted by molar-refractivity contribution is 6.42. The zero-order chi connectivity index (χ0) is 24.1. The summed E-state index contributed by atoms with van der Waals surface area (Å²) in [5.74, 6) is 0.683. The number of urea groups is 1. The minimum atomic E-state index is -0.452. The molecule has 1 aliphatic rings. The van der Waals surface area contributed by atoms with E-state index in [0.29, 0.717) is 40.7 Å². The second kappa shape index (κ2) is 10.7. The van der Waals surface area contributed by atoms with E-state index >= 15 is 0 Å². The minimum absolute atomic E-state index is 0.299. The van der Waals surface area contributed by atoms with Gasteiger partial charge in [-0.1, -0.05) is 41.4 Å². The maximum atomic E-state index is 12.8. The molecule has 0 atom stereocenters. The largest absolute Gasteiger partial charge is 0.368 e. The van der Waals surface area contributed by atoms with Gasteiger partial charge in [0.2, 0.25) is 5.96 Å². The van der Waals surface area contributed by atoms with Crippen molar-refractivity contribution < 1.29 is 4.79 Å². The summed E-state index contributed by atoms with van der Waals surface area (Å²) in [5, 5.41) is 6.40. The van der Waals surface area contributed by atoms with Gasteiger partial charge in [-0.15, -0.1) is 0 Å². The predicted octanol–water partition coefficient (Wildman–Crippen LogP) is 5.03. The van der Waals surface area contributed by atoms with E-state index in [1.807, 2.05) is 43.0 Å². The lowest BCUT2D eigenvalue weighted by Gasteiger charge is -2.37. The molecule has 10 heteroatoms. The number of anilines is 2. The molecular formula is C24H25Cl2N7O. The van der Waals surface area contributed by atoms with E-state index in [2.05, 4.69) is 42.6 Å². The number of aliphatic imine (C=N–C) groups is 1. The molecule has 4 rings (SSSR count). The lowest BCUT2D eigenvalue weighted by molar-refractivity contribution is 0.254. The Balaban J connectivity index is 1.52. The van der Waals surface area contributed by atoms with Crippen molar-refractivity contribution in [3.05, 3.63) is 76.0 Å². The van der Waals surface area contributed by atoms with Crippen molar-refractivity contribution in [1.82, 2.24) is 20.2 Å². The van der Waals surface area contributed by atoms with Crippen molar-refractivity contribution >= 4 is 52.5 Å². The predicted molar refractivity (Wildman–Crippen MR) is 137 cm³/mol. The number of benzene rings is 2. The van der Waals surface area contributed by atoms with Crippen LogP contribution in [0.25, 0.3) is 0 Å². The summed E-state index contributed by atoms with van der Waals surface area (Å²) in [4.78, 5) is 30.5. The number of hydrogen-bond donors (Lipinski definition) is 2. The first-order valence-corrected chi connectivity index (χ1v) is 11.6. The second-order valence-electron chi connectivity index (χ2n) is 7.90. The van der Waals surface area contributed by atoms with Crippen LogP contribution in [0.2, 0.25) is 10.0 Å². The smallest absolute Gasteiger partial charge is 0.326 e. The van der Waals surface area contributed by atoms with E-state index in [9.17, 15) is 4.79 Å². The number of amides is 2. The molecule has 0 unspecified atom stereocenters. The van der Waals surface area contributed by atoms with E-state index in [1.54, 1.807) is 18.2 Å². The van der Waals surface area contributed by atoms with Gasteiger partial charge in [-0.05, 0) is 50.2 Å². The summed E-state index contributed by atoms with van der Waals surface area (Å²) in [5.41, 5.74) is 3.30. The fourth-order valence-electron chi connectivity index (χ4n) is 3.68. The number of para-hydroxylation sites is 1. The first kappa shape index (κ1) is 23.8. The summed E-state index contributed by atoms with van der Waals surface area (Å²) >= 11 is 12.0. The summed E-state index contributed by atoms with van der Waals surface area (Å²) in [6.45, 7) is 6.68. The molecule has 2 amide bonds. The number of rotatable bonds is 3. The summed E-state index contributed by atoms with van der Waals surface area (Å²) in [6.07, 6.45) is 0. The molecule has 2 N–H and O–H groups in total. The van der Waals surface area contributed by atoms with Gasteiger partial charge in [0.05, 0.1) is 10.0 Å². The van der Waals surface area contributed by atoms with Crippen LogP contribution in [-0.2, 0) is 0 Å². The molecule has 176 valence electrons. The Kier molecular flexibility index (Phi) is 7.49. The van der Waals surface area contributed by atoms with Gasteiger partial charge in [0.25, 0.3) is 5.95 Å². The average molecular weight is 498 g/mol. The SMILES string of the molecule is Cc1cc(C)nc(/N=C(\NC(=O)Nc2ccc(Cl)c(Cl)c2)N2CCN(c3ccccc3)CC2)n1. The van der Waals surface area contributed by atoms with Gasteiger partial charge in [0.15, 0.2) is 0 Å². The van der Waals surface area contributed by atoms with Crippen LogP contribution in [-0.4, -0.2) is 53.0 Å². The van der Waals surface area contributed by atoms with Crippen molar-refractivity contribution in [2.24, 2.45) is 4.99 Å². The van der Waals surface area contributed by atoms with Crippen molar-refractivity contribution in [3.63, 3.8) is 0 Å². The molecule has 8 nitrogen and oxygen atoms in total. The first-order chi connectivity index (χ1) is 16.4. The Hall–Kier alpha value is -3.36. The molecular weight excluding hydrogens is 473 g/mol. The zero-order valence-corrected chi connectivity index (χ0v) is 20.4. The number of carbonyl (C=O) groups excluding carboxylic acids is 1. The number of aromatic nitrogens is 2. The van der Waals surface area contributed by atoms with Crippen molar-refractivity contribution in [3.8, 4) is 0 Å². The maximum Gasteiger partial charge on any atom is 0.326 e. The molecule has 1 aromatic heterocycles. The lowest BCUT2D eigenvalue weighted by atomic mass is 10.2. The lowest BCUT2D eigenvalue weighted by Crippen LogP contribution is -2.54. The molecule has 1 aliphatic heterocycles. The minimum Gasteiger partial charge on any atom is -0.368 e. The normalized spacial score (nSPS) is 14.2. The molecule has 0 bridgehead atoms. The van der Waals surface area contributed by atoms with Crippen LogP contribution < -0.4 is 15.5 Å². The fourth-order valence-corrected chi connectivity index (χ4v) is 3.98. The molecule has 1 fully saturated rings. The van der Waals surface area contributed by atoms with Gasteiger partial charge in [-0.3, -0.25) is 5.32 Å². The third-order valence-electron chi connectivity index (χ3n) is 5.28. The van der Waals surface area contributed by atoms with Gasteiger partial charge < -0.3 is 15.1 Å². The Bertz CT molecular complexity index is 1170. The Morgan fingerprint density at radius 2 is 1.59 bits per heavy atom. The highest BCUT2D eigenvalue weighted by atomic mass is 35.5. The number of hydrogen-bond acceptors (Lipinski definition) is 5. The van der Waals surface area contributed by atoms with E-state index in [0.717, 1.165) is 24.5 Å². The molecule has 0 saturated carbocycles. The van der Waals surface area contributed by atoms with E-state index in [-0.39, 0.29) is 0 Å². The molecule has 0 spiro atoms. The molecule has 0 radical (unpaired) electrons. The second-order valence-corrected chi connectivity index (χ2v) is 8.72. The first-order valence-electron chi connectivity index (χ1n) is 10.9. The molecule has 0 aliphatic carbocycles. The van der Waals surface area contributed by atoms with Gasteiger partial charge in [-0.25, -0.2) is 14.8 Å². The summed E-state index contributed by atoms with van der Waals surface area (Å²) < 4.78 is 0.